The average Bonchev–Trinajstić information content (AvgIpc) is 2.48. The van der Waals surface area contributed by atoms with Gasteiger partial charge in [-0.05, 0) is 105 Å². The summed E-state index contributed by atoms with van der Waals surface area (Å²) in [5.41, 5.74) is 10.2. The van der Waals surface area contributed by atoms with Gasteiger partial charge in [0.1, 0.15) is 12.4 Å². The van der Waals surface area contributed by atoms with Gasteiger partial charge in [-0.25, -0.2) is 0 Å². The maximum Gasteiger partial charge on any atom is 0.120 e. The normalized spacial score (nSPS) is 10.9. The van der Waals surface area contributed by atoms with Gasteiger partial charge >= 0.3 is 0 Å². The van der Waals surface area contributed by atoms with Gasteiger partial charge in [-0.2, -0.15) is 0 Å². The van der Waals surface area contributed by atoms with Gasteiger partial charge in [0.05, 0.1) is 0 Å². The molecule has 0 N–H and O–H groups in total. The van der Waals surface area contributed by atoms with Crippen LogP contribution in [0.15, 0.2) is 12.1 Å². The van der Waals surface area contributed by atoms with Crippen LogP contribution in [0.1, 0.15) is 44.5 Å². The molecule has 1 nitrogen and oxygen atoms in total. The first-order valence-electron chi connectivity index (χ1n) is 7.69. The fourth-order valence-electron chi connectivity index (χ4n) is 2.94. The van der Waals surface area contributed by atoms with E-state index in [2.05, 4.69) is 34.6 Å². The van der Waals surface area contributed by atoms with Crippen LogP contribution in [0.4, 0.5) is 0 Å². The van der Waals surface area contributed by atoms with Crippen LogP contribution in [0.25, 0.3) is 0 Å². The molecular weight excluding hydrogens is 292 g/mol. The largest absolute Gasteiger partial charge is 0.489 e. The molecule has 0 aliphatic rings. The average molecular weight is 317 g/mol. The number of ether oxygens (including phenoxy) is 1. The standard InChI is InChI=1S/C20H25ClO/c1-11-8-18(9-12(2)20(11)21)22-10-19-16(6)14(4)13(3)15(5)17(19)7/h8-9H,10H2,1-7H3. The van der Waals surface area contributed by atoms with E-state index in [0.717, 1.165) is 21.9 Å². The molecule has 0 atom stereocenters. The van der Waals surface area contributed by atoms with Crippen molar-refractivity contribution in [2.24, 2.45) is 0 Å². The second-order valence-electron chi connectivity index (χ2n) is 6.26. The van der Waals surface area contributed by atoms with Crippen LogP contribution in [-0.2, 0) is 6.61 Å². The second-order valence-corrected chi connectivity index (χ2v) is 6.64. The van der Waals surface area contributed by atoms with E-state index in [0.29, 0.717) is 6.61 Å². The van der Waals surface area contributed by atoms with E-state index in [4.69, 9.17) is 16.3 Å². The third kappa shape index (κ3) is 3.01. The van der Waals surface area contributed by atoms with Crippen molar-refractivity contribution in [2.75, 3.05) is 0 Å². The minimum absolute atomic E-state index is 0.597. The molecular formula is C20H25ClO. The summed E-state index contributed by atoms with van der Waals surface area (Å²) >= 11 is 6.22. The predicted octanol–water partition coefficient (Wildman–Crippen LogP) is 6.08. The predicted molar refractivity (Wildman–Crippen MR) is 95.4 cm³/mol. The molecule has 0 aromatic heterocycles. The van der Waals surface area contributed by atoms with Gasteiger partial charge in [-0.3, -0.25) is 0 Å². The highest BCUT2D eigenvalue weighted by Crippen LogP contribution is 2.29. The molecule has 0 heterocycles. The van der Waals surface area contributed by atoms with Crippen molar-refractivity contribution >= 4 is 11.6 Å². The molecule has 118 valence electrons. The molecule has 0 saturated carbocycles. The lowest BCUT2D eigenvalue weighted by Crippen LogP contribution is -2.06. The maximum absolute atomic E-state index is 6.22. The first-order chi connectivity index (χ1) is 10.2. The highest BCUT2D eigenvalue weighted by atomic mass is 35.5. The van der Waals surface area contributed by atoms with E-state index in [1.165, 1.54) is 33.4 Å². The van der Waals surface area contributed by atoms with Crippen LogP contribution in [0.3, 0.4) is 0 Å². The molecule has 0 unspecified atom stereocenters. The highest BCUT2D eigenvalue weighted by molar-refractivity contribution is 6.32. The summed E-state index contributed by atoms with van der Waals surface area (Å²) in [6, 6.07) is 4.02. The molecule has 2 rings (SSSR count). The molecule has 22 heavy (non-hydrogen) atoms. The van der Waals surface area contributed by atoms with Gasteiger partial charge in [0.25, 0.3) is 0 Å². The van der Waals surface area contributed by atoms with Gasteiger partial charge in [0.2, 0.25) is 0 Å². The third-order valence-corrected chi connectivity index (χ3v) is 5.54. The fourth-order valence-corrected chi connectivity index (χ4v) is 3.05. The smallest absolute Gasteiger partial charge is 0.120 e. The molecule has 0 saturated heterocycles. The summed E-state index contributed by atoms with van der Waals surface area (Å²) in [5, 5.41) is 0.821. The molecule has 2 aromatic carbocycles. The monoisotopic (exact) mass is 316 g/mol. The van der Waals surface area contributed by atoms with Crippen LogP contribution in [0.5, 0.6) is 5.75 Å². The van der Waals surface area contributed by atoms with Crippen LogP contribution in [0.2, 0.25) is 5.02 Å². The van der Waals surface area contributed by atoms with Crippen LogP contribution < -0.4 is 4.74 Å². The zero-order valence-electron chi connectivity index (χ0n) is 14.6. The van der Waals surface area contributed by atoms with Crippen LogP contribution >= 0.6 is 11.6 Å². The Morgan fingerprint density at radius 3 is 1.59 bits per heavy atom. The van der Waals surface area contributed by atoms with Gasteiger partial charge in [0.15, 0.2) is 0 Å². The first kappa shape index (κ1) is 16.9. The Labute approximate surface area is 139 Å². The number of rotatable bonds is 3. The summed E-state index contributed by atoms with van der Waals surface area (Å²) in [5.74, 6) is 0.883. The summed E-state index contributed by atoms with van der Waals surface area (Å²) < 4.78 is 6.06. The lowest BCUT2D eigenvalue weighted by molar-refractivity contribution is 0.304. The summed E-state index contributed by atoms with van der Waals surface area (Å²) in [4.78, 5) is 0. The lowest BCUT2D eigenvalue weighted by atomic mass is 9.90. The highest BCUT2D eigenvalue weighted by Gasteiger charge is 2.13. The molecule has 0 aliphatic carbocycles. The quantitative estimate of drug-likeness (QED) is 0.667. The van der Waals surface area contributed by atoms with E-state index < -0.39 is 0 Å². The molecule has 2 aromatic rings. The Bertz CT molecular complexity index is 677. The Kier molecular flexibility index (Phi) is 4.87. The minimum atomic E-state index is 0.597. The zero-order chi connectivity index (χ0) is 16.6. The second kappa shape index (κ2) is 6.34. The van der Waals surface area contributed by atoms with Gasteiger partial charge in [-0.15, -0.1) is 0 Å². The van der Waals surface area contributed by atoms with Gasteiger partial charge in [0, 0.05) is 5.02 Å². The van der Waals surface area contributed by atoms with E-state index >= 15 is 0 Å². The molecule has 0 amide bonds. The molecule has 0 aliphatic heterocycles. The summed E-state index contributed by atoms with van der Waals surface area (Å²) in [7, 11) is 0. The fraction of sp³-hybridized carbons (Fsp3) is 0.400. The van der Waals surface area contributed by atoms with E-state index in [1.807, 2.05) is 26.0 Å². The number of aryl methyl sites for hydroxylation is 2. The molecule has 0 radical (unpaired) electrons. The summed E-state index contributed by atoms with van der Waals surface area (Å²) in [6.45, 7) is 15.6. The molecule has 0 bridgehead atoms. The van der Waals surface area contributed by atoms with Crippen molar-refractivity contribution in [3.05, 3.63) is 61.7 Å². The van der Waals surface area contributed by atoms with Crippen molar-refractivity contribution in [2.45, 2.75) is 55.1 Å². The third-order valence-electron chi connectivity index (χ3n) is 4.95. The van der Waals surface area contributed by atoms with E-state index in [1.54, 1.807) is 0 Å². The van der Waals surface area contributed by atoms with Crippen molar-refractivity contribution in [1.82, 2.24) is 0 Å². The maximum atomic E-state index is 6.22. The zero-order valence-corrected chi connectivity index (χ0v) is 15.4. The number of hydrogen-bond donors (Lipinski definition) is 0. The minimum Gasteiger partial charge on any atom is -0.489 e. The van der Waals surface area contributed by atoms with Gasteiger partial charge in [-0.1, -0.05) is 11.6 Å². The Hall–Kier alpha value is -1.47. The van der Waals surface area contributed by atoms with Crippen molar-refractivity contribution < 1.29 is 4.74 Å². The Morgan fingerprint density at radius 1 is 0.727 bits per heavy atom. The van der Waals surface area contributed by atoms with Crippen LogP contribution in [0, 0.1) is 48.5 Å². The number of halogens is 1. The van der Waals surface area contributed by atoms with Crippen molar-refractivity contribution in [3.63, 3.8) is 0 Å². The number of hydrogen-bond acceptors (Lipinski definition) is 1. The van der Waals surface area contributed by atoms with E-state index in [9.17, 15) is 0 Å². The SMILES string of the molecule is Cc1cc(OCc2c(C)c(C)c(C)c(C)c2C)cc(C)c1Cl. The molecule has 0 spiro atoms. The first-order valence-corrected chi connectivity index (χ1v) is 8.07. The molecule has 2 heteroatoms. The van der Waals surface area contributed by atoms with Gasteiger partial charge < -0.3 is 4.74 Å². The topological polar surface area (TPSA) is 9.23 Å². The Morgan fingerprint density at radius 2 is 1.14 bits per heavy atom. The van der Waals surface area contributed by atoms with Crippen molar-refractivity contribution in [3.8, 4) is 5.75 Å². The van der Waals surface area contributed by atoms with E-state index in [-0.39, 0.29) is 0 Å². The summed E-state index contributed by atoms with van der Waals surface area (Å²) in [6.07, 6.45) is 0. The van der Waals surface area contributed by atoms with Crippen LogP contribution in [-0.4, -0.2) is 0 Å². The lowest BCUT2D eigenvalue weighted by Gasteiger charge is -2.19. The Balaban J connectivity index is 2.33. The molecule has 0 fully saturated rings. The van der Waals surface area contributed by atoms with Crippen molar-refractivity contribution in [1.29, 1.82) is 0 Å². The number of benzene rings is 2.